The molecular formula is C24H22N4O4. The molecule has 0 bridgehead atoms. The van der Waals surface area contributed by atoms with E-state index in [0.29, 0.717) is 17.8 Å². The van der Waals surface area contributed by atoms with Crippen LogP contribution in [-0.4, -0.2) is 40.9 Å². The molecule has 0 spiro atoms. The number of ether oxygens (including phenoxy) is 1. The van der Waals surface area contributed by atoms with E-state index in [1.807, 2.05) is 30.3 Å². The number of aromatic amines is 1. The minimum atomic E-state index is -0.569. The summed E-state index contributed by atoms with van der Waals surface area (Å²) in [4.78, 5) is 43.3. The number of amides is 2. The number of esters is 1. The lowest BCUT2D eigenvalue weighted by molar-refractivity contribution is -0.137. The first kappa shape index (κ1) is 21.0. The molecule has 3 heterocycles. The third kappa shape index (κ3) is 4.75. The number of carbonyl (C=O) groups excluding carboxylic acids is 3. The summed E-state index contributed by atoms with van der Waals surface area (Å²) < 4.78 is 4.76. The first-order valence-electron chi connectivity index (χ1n) is 10.3. The fourth-order valence-corrected chi connectivity index (χ4v) is 3.48. The monoisotopic (exact) mass is 430 g/mol. The van der Waals surface area contributed by atoms with Crippen molar-refractivity contribution in [2.75, 3.05) is 18.5 Å². The van der Waals surface area contributed by atoms with Crippen molar-refractivity contribution in [3.8, 4) is 22.5 Å². The van der Waals surface area contributed by atoms with Gasteiger partial charge in [-0.3, -0.25) is 14.6 Å². The third-order valence-electron chi connectivity index (χ3n) is 4.96. The van der Waals surface area contributed by atoms with Crippen molar-refractivity contribution in [1.29, 1.82) is 0 Å². The number of benzene rings is 1. The van der Waals surface area contributed by atoms with Crippen molar-refractivity contribution < 1.29 is 19.1 Å². The third-order valence-corrected chi connectivity index (χ3v) is 4.96. The molecule has 0 atom stereocenters. The van der Waals surface area contributed by atoms with Gasteiger partial charge in [0.2, 0.25) is 5.91 Å². The average Bonchev–Trinajstić information content (AvgIpc) is 3.24. The Labute approximate surface area is 184 Å². The maximum Gasteiger partial charge on any atom is 0.330 e. The smallest absolute Gasteiger partial charge is 0.330 e. The first-order valence-corrected chi connectivity index (χ1v) is 10.3. The molecule has 0 saturated carbocycles. The molecule has 32 heavy (non-hydrogen) atoms. The quantitative estimate of drug-likeness (QED) is 0.411. The predicted molar refractivity (Wildman–Crippen MR) is 120 cm³/mol. The van der Waals surface area contributed by atoms with Crippen molar-refractivity contribution in [1.82, 2.24) is 15.3 Å². The zero-order valence-corrected chi connectivity index (χ0v) is 17.5. The molecule has 8 nitrogen and oxygen atoms in total. The molecule has 1 aromatic carbocycles. The molecule has 3 N–H and O–H groups in total. The number of fused-ring (bicyclic) bond motifs is 1. The number of rotatable bonds is 6. The van der Waals surface area contributed by atoms with Gasteiger partial charge in [0.25, 0.3) is 5.91 Å². The van der Waals surface area contributed by atoms with Gasteiger partial charge in [-0.2, -0.15) is 0 Å². The van der Waals surface area contributed by atoms with Gasteiger partial charge in [-0.15, -0.1) is 0 Å². The average molecular weight is 430 g/mol. The van der Waals surface area contributed by atoms with Crippen molar-refractivity contribution in [3.05, 3.63) is 72.1 Å². The van der Waals surface area contributed by atoms with Crippen LogP contribution < -0.4 is 10.6 Å². The van der Waals surface area contributed by atoms with Gasteiger partial charge in [-0.1, -0.05) is 12.1 Å². The highest BCUT2D eigenvalue weighted by atomic mass is 16.5. The van der Waals surface area contributed by atoms with E-state index in [0.717, 1.165) is 46.8 Å². The lowest BCUT2D eigenvalue weighted by atomic mass is 10.1. The molecule has 2 amide bonds. The van der Waals surface area contributed by atoms with E-state index in [4.69, 9.17) is 4.74 Å². The van der Waals surface area contributed by atoms with Crippen LogP contribution in [0.25, 0.3) is 22.5 Å². The molecular weight excluding hydrogens is 408 g/mol. The van der Waals surface area contributed by atoms with E-state index in [2.05, 4.69) is 20.6 Å². The number of pyridine rings is 1. The van der Waals surface area contributed by atoms with Gasteiger partial charge in [0, 0.05) is 59.5 Å². The maximum absolute atomic E-state index is 12.1. The largest absolute Gasteiger partial charge is 0.463 e. The van der Waals surface area contributed by atoms with Gasteiger partial charge in [-0.25, -0.2) is 4.79 Å². The van der Waals surface area contributed by atoms with E-state index in [1.54, 1.807) is 25.3 Å². The number of nitrogens with zero attached hydrogens (tertiary/aromatic N) is 1. The highest BCUT2D eigenvalue weighted by Crippen LogP contribution is 2.28. The molecule has 1 aliphatic rings. The fourth-order valence-electron chi connectivity index (χ4n) is 3.48. The van der Waals surface area contributed by atoms with Crippen molar-refractivity contribution >= 4 is 23.5 Å². The van der Waals surface area contributed by atoms with E-state index < -0.39 is 11.9 Å². The summed E-state index contributed by atoms with van der Waals surface area (Å²) in [7, 11) is 0. The highest BCUT2D eigenvalue weighted by Gasteiger charge is 2.20. The van der Waals surface area contributed by atoms with E-state index in [9.17, 15) is 14.4 Å². The number of aromatic nitrogens is 2. The summed E-state index contributed by atoms with van der Waals surface area (Å²) in [6.07, 6.45) is 4.69. The van der Waals surface area contributed by atoms with Gasteiger partial charge >= 0.3 is 5.97 Å². The molecule has 2 aromatic heterocycles. The molecule has 0 radical (unpaired) electrons. The first-order chi connectivity index (χ1) is 15.5. The topological polar surface area (TPSA) is 113 Å². The maximum atomic E-state index is 12.1. The molecule has 4 rings (SSSR count). The van der Waals surface area contributed by atoms with Crippen LogP contribution in [0.5, 0.6) is 0 Å². The highest BCUT2D eigenvalue weighted by molar-refractivity contribution is 6.02. The zero-order valence-electron chi connectivity index (χ0n) is 17.5. The molecule has 0 aliphatic carbocycles. The summed E-state index contributed by atoms with van der Waals surface area (Å²) in [5, 5.41) is 5.57. The Kier molecular flexibility index (Phi) is 6.12. The van der Waals surface area contributed by atoms with Crippen LogP contribution >= 0.6 is 0 Å². The van der Waals surface area contributed by atoms with Crippen LogP contribution in [0.4, 0.5) is 5.69 Å². The van der Waals surface area contributed by atoms with E-state index in [-0.39, 0.29) is 12.5 Å². The standard InChI is InChI=1S/C24H22N4O4/c1-2-32-23(30)7-6-22(29)27-17-5-3-4-15(12-17)20-13-16(8-10-25-20)21-14-18-19(28-21)9-11-26-24(18)31/h3-8,10,12-14,28H,2,9,11H2,1H3,(H,26,31)(H,27,29). The molecule has 0 unspecified atom stereocenters. The Balaban J connectivity index is 1.53. The SMILES string of the molecule is CCOC(=O)C=CC(=O)Nc1cccc(-c2cc(-c3cc4c([nH]3)CCNC4=O)ccn2)c1. The summed E-state index contributed by atoms with van der Waals surface area (Å²) in [6.45, 7) is 2.57. The van der Waals surface area contributed by atoms with Gasteiger partial charge in [0.05, 0.1) is 17.9 Å². The van der Waals surface area contributed by atoms with Crippen LogP contribution in [0.1, 0.15) is 23.0 Å². The van der Waals surface area contributed by atoms with E-state index in [1.165, 1.54) is 0 Å². The van der Waals surface area contributed by atoms with Gasteiger partial charge in [-0.05, 0) is 37.3 Å². The van der Waals surface area contributed by atoms with Crippen LogP contribution in [0.15, 0.2) is 60.8 Å². The fraction of sp³-hybridized carbons (Fsp3) is 0.167. The lowest BCUT2D eigenvalue weighted by Crippen LogP contribution is -2.31. The van der Waals surface area contributed by atoms with Crippen molar-refractivity contribution in [2.45, 2.75) is 13.3 Å². The number of nitrogens with one attached hydrogen (secondary N) is 3. The van der Waals surface area contributed by atoms with Crippen LogP contribution in [-0.2, 0) is 20.7 Å². The zero-order chi connectivity index (χ0) is 22.5. The van der Waals surface area contributed by atoms with Crippen molar-refractivity contribution in [2.24, 2.45) is 0 Å². The summed E-state index contributed by atoms with van der Waals surface area (Å²) in [5.74, 6) is -1.07. The Bertz CT molecular complexity index is 1210. The minimum absolute atomic E-state index is 0.0662. The Hall–Kier alpha value is -4.20. The molecule has 0 fully saturated rings. The normalized spacial score (nSPS) is 12.8. The molecule has 162 valence electrons. The number of H-pyrrole nitrogens is 1. The van der Waals surface area contributed by atoms with Crippen molar-refractivity contribution in [3.63, 3.8) is 0 Å². The van der Waals surface area contributed by atoms with Gasteiger partial charge < -0.3 is 20.4 Å². The summed E-state index contributed by atoms with van der Waals surface area (Å²) in [5.41, 5.74) is 5.46. The van der Waals surface area contributed by atoms with Crippen LogP contribution in [0.2, 0.25) is 0 Å². The second-order valence-corrected chi connectivity index (χ2v) is 7.17. The van der Waals surface area contributed by atoms with E-state index >= 15 is 0 Å². The van der Waals surface area contributed by atoms with Crippen LogP contribution in [0, 0.1) is 0 Å². The molecule has 3 aromatic rings. The Morgan fingerprint density at radius 2 is 2.03 bits per heavy atom. The second kappa shape index (κ2) is 9.30. The summed E-state index contributed by atoms with van der Waals surface area (Å²) in [6, 6.07) is 12.9. The predicted octanol–water partition coefficient (Wildman–Crippen LogP) is 3.09. The molecule has 8 heteroatoms. The molecule has 0 saturated heterocycles. The van der Waals surface area contributed by atoms with Crippen LogP contribution in [0.3, 0.4) is 0 Å². The number of hydrogen-bond acceptors (Lipinski definition) is 5. The van der Waals surface area contributed by atoms with Gasteiger partial charge in [0.1, 0.15) is 0 Å². The number of hydrogen-bond donors (Lipinski definition) is 3. The van der Waals surface area contributed by atoms with Gasteiger partial charge in [0.15, 0.2) is 0 Å². The minimum Gasteiger partial charge on any atom is -0.463 e. The second-order valence-electron chi connectivity index (χ2n) is 7.17. The Morgan fingerprint density at radius 3 is 2.84 bits per heavy atom. The number of anilines is 1. The molecule has 1 aliphatic heterocycles. The lowest BCUT2D eigenvalue weighted by Gasteiger charge is -2.11. The summed E-state index contributed by atoms with van der Waals surface area (Å²) >= 11 is 0. The number of carbonyl (C=O) groups is 3. The Morgan fingerprint density at radius 1 is 1.16 bits per heavy atom.